The molecule has 0 aliphatic carbocycles. The summed E-state index contributed by atoms with van der Waals surface area (Å²) >= 11 is 0. The van der Waals surface area contributed by atoms with Gasteiger partial charge in [0.25, 0.3) is 0 Å². The van der Waals surface area contributed by atoms with Gasteiger partial charge in [-0.1, -0.05) is 0 Å². The molecule has 2 heterocycles. The molecule has 0 saturated heterocycles. The van der Waals surface area contributed by atoms with Crippen LogP contribution in [-0.4, -0.2) is 19.9 Å². The lowest BCUT2D eigenvalue weighted by molar-refractivity contribution is 1.21. The van der Waals surface area contributed by atoms with Crippen molar-refractivity contribution in [2.45, 2.75) is 0 Å². The van der Waals surface area contributed by atoms with Gasteiger partial charge in [0.2, 0.25) is 0 Å². The number of aromatic amines is 1. The number of imidazole rings is 1. The van der Waals surface area contributed by atoms with E-state index in [1.165, 1.54) is 12.7 Å². The molecular formula is C5H5N5. The van der Waals surface area contributed by atoms with Crippen LogP contribution in [0.1, 0.15) is 0 Å². The first-order valence-electron chi connectivity index (χ1n) is 2.77. The van der Waals surface area contributed by atoms with E-state index >= 15 is 0 Å². The molecule has 0 bridgehead atoms. The number of fused-ring (bicyclic) bond motifs is 1. The third-order valence-electron chi connectivity index (χ3n) is 1.25. The van der Waals surface area contributed by atoms with Crippen LogP contribution in [0.3, 0.4) is 0 Å². The van der Waals surface area contributed by atoms with E-state index in [1.54, 1.807) is 0 Å². The normalized spacial score (nSPS) is 10.4. The van der Waals surface area contributed by atoms with Gasteiger partial charge in [0.1, 0.15) is 11.8 Å². The Hall–Kier alpha value is -1.65. The number of rotatable bonds is 0. The Kier molecular flexibility index (Phi) is 0.858. The van der Waals surface area contributed by atoms with E-state index in [-0.39, 0.29) is 0 Å². The zero-order valence-electron chi connectivity index (χ0n) is 5.07. The highest BCUT2D eigenvalue weighted by molar-refractivity contribution is 5.80. The summed E-state index contributed by atoms with van der Waals surface area (Å²) in [5.41, 5.74) is 6.78. The molecule has 0 aromatic carbocycles. The molecule has 0 aliphatic heterocycles. The summed E-state index contributed by atoms with van der Waals surface area (Å²) in [6, 6.07) is 0. The van der Waals surface area contributed by atoms with E-state index in [0.29, 0.717) is 17.0 Å². The summed E-state index contributed by atoms with van der Waals surface area (Å²) in [5, 5.41) is 0. The second-order valence-corrected chi connectivity index (χ2v) is 1.86. The lowest BCUT2D eigenvalue weighted by Gasteiger charge is -1.89. The molecular weight excluding hydrogens is 131 g/mol. The Morgan fingerprint density at radius 1 is 1.30 bits per heavy atom. The van der Waals surface area contributed by atoms with Crippen molar-refractivity contribution < 1.29 is 0 Å². The summed E-state index contributed by atoms with van der Waals surface area (Å²) in [6.45, 7) is 0. The standard InChI is InChI=1S/C5H5N5/c6-4-3-5(9-1-7-3)10-2-8-4/h1-2H,(H3,6,7,8,9,10)/i1+1. The van der Waals surface area contributed by atoms with Crippen molar-refractivity contribution in [3.63, 3.8) is 0 Å². The Morgan fingerprint density at radius 2 is 2.20 bits per heavy atom. The van der Waals surface area contributed by atoms with Crippen LogP contribution in [-0.2, 0) is 0 Å². The number of hydrogen-bond acceptors (Lipinski definition) is 4. The van der Waals surface area contributed by atoms with E-state index in [9.17, 15) is 0 Å². The molecule has 2 aromatic rings. The Balaban J connectivity index is 2.95. The molecule has 0 radical (unpaired) electrons. The smallest absolute Gasteiger partial charge is 0.182 e. The van der Waals surface area contributed by atoms with Crippen LogP contribution >= 0.6 is 0 Å². The van der Waals surface area contributed by atoms with Gasteiger partial charge in [0, 0.05) is 0 Å². The van der Waals surface area contributed by atoms with Gasteiger partial charge >= 0.3 is 0 Å². The molecule has 50 valence electrons. The van der Waals surface area contributed by atoms with Crippen LogP contribution in [0.2, 0.25) is 0 Å². The number of aromatic nitrogens is 4. The quantitative estimate of drug-likeness (QED) is 0.531. The maximum absolute atomic E-state index is 5.48. The van der Waals surface area contributed by atoms with Crippen LogP contribution in [0.15, 0.2) is 12.7 Å². The zero-order valence-corrected chi connectivity index (χ0v) is 5.07. The fraction of sp³-hybridized carbons (Fsp3) is 0. The second kappa shape index (κ2) is 1.66. The maximum atomic E-state index is 5.48. The molecule has 0 spiro atoms. The van der Waals surface area contributed by atoms with Crippen molar-refractivity contribution in [3.05, 3.63) is 12.7 Å². The van der Waals surface area contributed by atoms with Crippen molar-refractivity contribution in [2.75, 3.05) is 5.73 Å². The molecule has 5 nitrogen and oxygen atoms in total. The summed E-state index contributed by atoms with van der Waals surface area (Å²) < 4.78 is 0. The van der Waals surface area contributed by atoms with Gasteiger partial charge in [0.15, 0.2) is 11.5 Å². The summed E-state index contributed by atoms with van der Waals surface area (Å²) in [5.74, 6) is 0.433. The van der Waals surface area contributed by atoms with Crippen LogP contribution in [0, 0.1) is 0 Å². The third-order valence-corrected chi connectivity index (χ3v) is 1.25. The van der Waals surface area contributed by atoms with E-state index < -0.39 is 0 Å². The number of nitrogen functional groups attached to an aromatic ring is 1. The van der Waals surface area contributed by atoms with Gasteiger partial charge in [-0.25, -0.2) is 15.0 Å². The highest BCUT2D eigenvalue weighted by Gasteiger charge is 1.99. The molecule has 2 rings (SSSR count). The monoisotopic (exact) mass is 136 g/mol. The first-order valence-corrected chi connectivity index (χ1v) is 2.77. The van der Waals surface area contributed by atoms with Gasteiger partial charge < -0.3 is 10.7 Å². The van der Waals surface area contributed by atoms with Crippen LogP contribution < -0.4 is 5.73 Å². The van der Waals surface area contributed by atoms with Gasteiger partial charge in [0.05, 0.1) is 6.33 Å². The van der Waals surface area contributed by atoms with Crippen LogP contribution in [0.4, 0.5) is 5.82 Å². The molecule has 0 unspecified atom stereocenters. The van der Waals surface area contributed by atoms with Gasteiger partial charge in [-0.15, -0.1) is 0 Å². The van der Waals surface area contributed by atoms with Crippen molar-refractivity contribution >= 4 is 17.0 Å². The molecule has 0 amide bonds. The minimum atomic E-state index is 0.433. The molecule has 0 aliphatic rings. The fourth-order valence-corrected chi connectivity index (χ4v) is 0.784. The second-order valence-electron chi connectivity index (χ2n) is 1.86. The van der Waals surface area contributed by atoms with Crippen molar-refractivity contribution in [1.82, 2.24) is 19.9 Å². The SMILES string of the molecule is Nc1ncnc2n[13cH][nH]c12. The summed E-state index contributed by atoms with van der Waals surface area (Å²) in [4.78, 5) is 14.4. The third kappa shape index (κ3) is 0.540. The average Bonchev–Trinajstić information content (AvgIpc) is 2.36. The molecule has 10 heavy (non-hydrogen) atoms. The first-order chi connectivity index (χ1) is 4.88. The zero-order chi connectivity index (χ0) is 6.97. The highest BCUT2D eigenvalue weighted by atomic mass is 15.1. The lowest BCUT2D eigenvalue weighted by atomic mass is 10.5. The molecule has 5 heteroatoms. The molecule has 3 N–H and O–H groups in total. The highest BCUT2D eigenvalue weighted by Crippen LogP contribution is 2.09. The Morgan fingerprint density at radius 3 is 3.00 bits per heavy atom. The maximum Gasteiger partial charge on any atom is 0.182 e. The fourth-order valence-electron chi connectivity index (χ4n) is 0.784. The largest absolute Gasteiger partial charge is 0.382 e. The number of H-pyrrole nitrogens is 1. The predicted octanol–water partition coefficient (Wildman–Crippen LogP) is -0.0649. The number of nitrogens with one attached hydrogen (secondary N) is 1. The Labute approximate surface area is 56.3 Å². The summed E-state index contributed by atoms with van der Waals surface area (Å²) in [6.07, 6.45) is 2.92. The van der Waals surface area contributed by atoms with E-state index in [2.05, 4.69) is 19.9 Å². The average molecular weight is 136 g/mol. The number of hydrogen-bond donors (Lipinski definition) is 2. The molecule has 0 saturated carbocycles. The van der Waals surface area contributed by atoms with Gasteiger partial charge in [-0.3, -0.25) is 0 Å². The molecule has 0 fully saturated rings. The van der Waals surface area contributed by atoms with E-state index in [4.69, 9.17) is 5.73 Å². The lowest BCUT2D eigenvalue weighted by Crippen LogP contribution is -1.91. The van der Waals surface area contributed by atoms with Crippen molar-refractivity contribution in [2.24, 2.45) is 0 Å². The minimum Gasteiger partial charge on any atom is -0.382 e. The number of anilines is 1. The van der Waals surface area contributed by atoms with E-state index in [0.717, 1.165) is 0 Å². The van der Waals surface area contributed by atoms with Gasteiger partial charge in [-0.2, -0.15) is 0 Å². The Bertz CT molecular complexity index is 352. The molecule has 0 atom stereocenters. The van der Waals surface area contributed by atoms with E-state index in [1.807, 2.05) is 0 Å². The number of nitrogens with zero attached hydrogens (tertiary/aromatic N) is 3. The van der Waals surface area contributed by atoms with Crippen molar-refractivity contribution in [1.29, 1.82) is 0 Å². The van der Waals surface area contributed by atoms with Crippen molar-refractivity contribution in [3.8, 4) is 0 Å². The first kappa shape index (κ1) is 5.16. The van der Waals surface area contributed by atoms with Crippen LogP contribution in [0.5, 0.6) is 0 Å². The topological polar surface area (TPSA) is 80.5 Å². The number of nitrogens with two attached hydrogens (primary N) is 1. The minimum absolute atomic E-state index is 0.433. The molecule has 2 aromatic heterocycles. The van der Waals surface area contributed by atoms with Gasteiger partial charge in [-0.05, 0) is 0 Å². The predicted molar refractivity (Wildman–Crippen MR) is 36.1 cm³/mol. The van der Waals surface area contributed by atoms with Crippen LogP contribution in [0.25, 0.3) is 11.2 Å². The summed E-state index contributed by atoms with van der Waals surface area (Å²) in [7, 11) is 0.